The van der Waals surface area contributed by atoms with E-state index in [0.717, 1.165) is 43.8 Å². The van der Waals surface area contributed by atoms with Gasteiger partial charge in [-0.15, -0.1) is 0 Å². The van der Waals surface area contributed by atoms with Crippen LogP contribution in [0.3, 0.4) is 0 Å². The van der Waals surface area contributed by atoms with Crippen LogP contribution in [0.25, 0.3) is 0 Å². The minimum atomic E-state index is -0.740. The van der Waals surface area contributed by atoms with E-state index >= 15 is 0 Å². The highest BCUT2D eigenvalue weighted by atomic mass is 32.2. The predicted octanol–water partition coefficient (Wildman–Crippen LogP) is 1.43. The van der Waals surface area contributed by atoms with Crippen LogP contribution < -0.4 is 5.73 Å². The molecule has 0 aromatic carbocycles. The number of methoxy groups -OCH3 is 2. The van der Waals surface area contributed by atoms with Crippen molar-refractivity contribution >= 4 is 17.7 Å². The first-order valence-electron chi connectivity index (χ1n) is 6.09. The van der Waals surface area contributed by atoms with Crippen LogP contribution in [0, 0.1) is 5.92 Å². The summed E-state index contributed by atoms with van der Waals surface area (Å²) in [4.78, 5) is 11.7. The molecule has 0 saturated heterocycles. The summed E-state index contributed by atoms with van der Waals surface area (Å²) in [7, 11) is 3.12. The van der Waals surface area contributed by atoms with Gasteiger partial charge in [0.2, 0.25) is 0 Å². The number of hydrogen-bond acceptors (Lipinski definition) is 5. The zero-order valence-electron chi connectivity index (χ0n) is 10.7. The van der Waals surface area contributed by atoms with Crippen LogP contribution in [0.2, 0.25) is 0 Å². The summed E-state index contributed by atoms with van der Waals surface area (Å²) in [5.74, 6) is 2.05. The fraction of sp³-hybridized carbons (Fsp3) is 0.917. The summed E-state index contributed by atoms with van der Waals surface area (Å²) in [6, 6.07) is 0. The van der Waals surface area contributed by atoms with E-state index in [2.05, 4.69) is 0 Å². The molecule has 100 valence electrons. The summed E-state index contributed by atoms with van der Waals surface area (Å²) in [6.45, 7) is 0.778. The van der Waals surface area contributed by atoms with Gasteiger partial charge in [-0.2, -0.15) is 11.8 Å². The second-order valence-corrected chi connectivity index (χ2v) is 5.74. The molecule has 2 N–H and O–H groups in total. The Hall–Kier alpha value is -0.260. The molecule has 1 aliphatic rings. The zero-order chi connectivity index (χ0) is 12.7. The standard InChI is InChI=1S/C12H23NO3S/c1-15-7-9-17-8-5-10-4-3-6-12(10,13)11(14)16-2/h10H,3-9,13H2,1-2H3. The van der Waals surface area contributed by atoms with Crippen LogP contribution in [0.15, 0.2) is 0 Å². The van der Waals surface area contributed by atoms with E-state index in [1.165, 1.54) is 7.11 Å². The molecule has 17 heavy (non-hydrogen) atoms. The Balaban J connectivity index is 2.34. The van der Waals surface area contributed by atoms with E-state index in [-0.39, 0.29) is 11.9 Å². The van der Waals surface area contributed by atoms with Gasteiger partial charge >= 0.3 is 5.97 Å². The lowest BCUT2D eigenvalue weighted by Gasteiger charge is -2.28. The van der Waals surface area contributed by atoms with Crippen LogP contribution in [0.4, 0.5) is 0 Å². The van der Waals surface area contributed by atoms with Crippen LogP contribution in [0.1, 0.15) is 25.7 Å². The van der Waals surface area contributed by atoms with E-state index in [9.17, 15) is 4.79 Å². The molecule has 4 nitrogen and oxygen atoms in total. The van der Waals surface area contributed by atoms with Gasteiger partial charge in [-0.3, -0.25) is 4.79 Å². The molecular formula is C12H23NO3S. The molecule has 5 heteroatoms. The Kier molecular flexibility index (Phi) is 6.30. The Morgan fingerprint density at radius 1 is 1.47 bits per heavy atom. The van der Waals surface area contributed by atoms with Crippen molar-refractivity contribution in [3.05, 3.63) is 0 Å². The smallest absolute Gasteiger partial charge is 0.326 e. The first kappa shape index (κ1) is 14.8. The lowest BCUT2D eigenvalue weighted by atomic mass is 9.86. The lowest BCUT2D eigenvalue weighted by molar-refractivity contribution is -0.148. The Bertz CT molecular complexity index is 250. The maximum absolute atomic E-state index is 11.7. The maximum atomic E-state index is 11.7. The largest absolute Gasteiger partial charge is 0.468 e. The molecule has 0 aliphatic heterocycles. The molecule has 1 rings (SSSR count). The minimum absolute atomic E-state index is 0.248. The summed E-state index contributed by atoms with van der Waals surface area (Å²) in [5, 5.41) is 0. The highest BCUT2D eigenvalue weighted by Gasteiger charge is 2.46. The van der Waals surface area contributed by atoms with E-state index < -0.39 is 5.54 Å². The van der Waals surface area contributed by atoms with Crippen LogP contribution >= 0.6 is 11.8 Å². The number of nitrogens with two attached hydrogens (primary N) is 1. The van der Waals surface area contributed by atoms with Gasteiger partial charge in [-0.1, -0.05) is 6.42 Å². The van der Waals surface area contributed by atoms with Crippen molar-refractivity contribution in [2.75, 3.05) is 32.3 Å². The van der Waals surface area contributed by atoms with Gasteiger partial charge in [-0.05, 0) is 30.9 Å². The Morgan fingerprint density at radius 3 is 2.88 bits per heavy atom. The van der Waals surface area contributed by atoms with E-state index in [0.29, 0.717) is 0 Å². The van der Waals surface area contributed by atoms with Gasteiger partial charge < -0.3 is 15.2 Å². The van der Waals surface area contributed by atoms with E-state index in [4.69, 9.17) is 15.2 Å². The molecule has 0 bridgehead atoms. The predicted molar refractivity (Wildman–Crippen MR) is 70.1 cm³/mol. The molecule has 2 atom stereocenters. The van der Waals surface area contributed by atoms with Gasteiger partial charge in [0.05, 0.1) is 13.7 Å². The fourth-order valence-corrected chi connectivity index (χ4v) is 3.37. The Labute approximate surface area is 108 Å². The van der Waals surface area contributed by atoms with Crippen molar-refractivity contribution in [1.29, 1.82) is 0 Å². The van der Waals surface area contributed by atoms with Crippen molar-refractivity contribution < 1.29 is 14.3 Å². The number of hydrogen-bond donors (Lipinski definition) is 1. The highest BCUT2D eigenvalue weighted by Crippen LogP contribution is 2.37. The third kappa shape index (κ3) is 3.86. The summed E-state index contributed by atoms with van der Waals surface area (Å²) >= 11 is 1.85. The van der Waals surface area contributed by atoms with E-state index in [1.807, 2.05) is 11.8 Å². The molecule has 1 fully saturated rings. The first-order valence-corrected chi connectivity index (χ1v) is 7.24. The van der Waals surface area contributed by atoms with Gasteiger partial charge in [0, 0.05) is 12.9 Å². The third-order valence-corrected chi connectivity index (χ3v) is 4.46. The monoisotopic (exact) mass is 261 g/mol. The SMILES string of the molecule is COCCSCCC1CCCC1(N)C(=O)OC. The summed E-state index contributed by atoms with van der Waals surface area (Å²) in [5.41, 5.74) is 5.45. The average molecular weight is 261 g/mol. The van der Waals surface area contributed by atoms with E-state index in [1.54, 1.807) is 7.11 Å². The molecule has 1 aliphatic carbocycles. The van der Waals surface area contributed by atoms with Gasteiger partial charge in [0.25, 0.3) is 0 Å². The normalized spacial score (nSPS) is 28.3. The number of ether oxygens (including phenoxy) is 2. The molecule has 1 saturated carbocycles. The van der Waals surface area contributed by atoms with Crippen LogP contribution in [0.5, 0.6) is 0 Å². The quantitative estimate of drug-likeness (QED) is 0.555. The second-order valence-electron chi connectivity index (χ2n) is 4.51. The van der Waals surface area contributed by atoms with Gasteiger partial charge in [0.1, 0.15) is 5.54 Å². The third-order valence-electron chi connectivity index (χ3n) is 3.48. The van der Waals surface area contributed by atoms with Gasteiger partial charge in [-0.25, -0.2) is 0 Å². The average Bonchev–Trinajstić information content (AvgIpc) is 2.71. The molecule has 0 aromatic heterocycles. The molecular weight excluding hydrogens is 238 g/mol. The lowest BCUT2D eigenvalue weighted by Crippen LogP contribution is -2.51. The van der Waals surface area contributed by atoms with Gasteiger partial charge in [0.15, 0.2) is 0 Å². The zero-order valence-corrected chi connectivity index (χ0v) is 11.6. The molecule has 0 aromatic rings. The topological polar surface area (TPSA) is 61.5 Å². The molecule has 0 heterocycles. The Morgan fingerprint density at radius 2 is 2.24 bits per heavy atom. The minimum Gasteiger partial charge on any atom is -0.468 e. The van der Waals surface area contributed by atoms with Crippen molar-refractivity contribution in [1.82, 2.24) is 0 Å². The molecule has 0 radical (unpaired) electrons. The summed E-state index contributed by atoms with van der Waals surface area (Å²) < 4.78 is 9.81. The van der Waals surface area contributed by atoms with Crippen molar-refractivity contribution in [3.8, 4) is 0 Å². The highest BCUT2D eigenvalue weighted by molar-refractivity contribution is 7.99. The number of rotatable bonds is 7. The molecule has 0 spiro atoms. The second kappa shape index (κ2) is 7.24. The van der Waals surface area contributed by atoms with Crippen LogP contribution in [-0.4, -0.2) is 43.8 Å². The number of esters is 1. The summed E-state index contributed by atoms with van der Waals surface area (Å²) in [6.07, 6.45) is 3.81. The van der Waals surface area contributed by atoms with Crippen molar-refractivity contribution in [3.63, 3.8) is 0 Å². The number of thioether (sulfide) groups is 1. The number of carbonyl (C=O) groups is 1. The molecule has 0 amide bonds. The van der Waals surface area contributed by atoms with Crippen molar-refractivity contribution in [2.45, 2.75) is 31.2 Å². The number of carbonyl (C=O) groups excluding carboxylic acids is 1. The first-order chi connectivity index (χ1) is 8.15. The van der Waals surface area contributed by atoms with Crippen molar-refractivity contribution in [2.24, 2.45) is 11.7 Å². The molecule has 2 unspecified atom stereocenters. The van der Waals surface area contributed by atoms with Crippen LogP contribution in [-0.2, 0) is 14.3 Å². The fourth-order valence-electron chi connectivity index (χ4n) is 2.43. The maximum Gasteiger partial charge on any atom is 0.326 e.